The molecular formula is C18H36N. The molecule has 1 nitrogen and oxygen atoms in total. The highest BCUT2D eigenvalue weighted by molar-refractivity contribution is 4.81. The Hall–Kier alpha value is -0.300. The van der Waals surface area contributed by atoms with Gasteiger partial charge in [-0.2, -0.15) is 0 Å². The van der Waals surface area contributed by atoms with E-state index in [4.69, 9.17) is 5.73 Å². The molecule has 0 rings (SSSR count). The van der Waals surface area contributed by atoms with Crippen LogP contribution in [0, 0.1) is 0 Å². The van der Waals surface area contributed by atoms with Crippen LogP contribution in [-0.4, -0.2) is 6.04 Å². The van der Waals surface area contributed by atoms with Crippen LogP contribution in [-0.2, 0) is 0 Å². The lowest BCUT2D eigenvalue weighted by Crippen LogP contribution is -2.00. The molecular weight excluding hydrogens is 230 g/mol. The van der Waals surface area contributed by atoms with E-state index in [0.29, 0.717) is 0 Å². The molecule has 1 heteroatoms. The van der Waals surface area contributed by atoms with Crippen molar-refractivity contribution in [1.82, 2.24) is 5.73 Å². The fourth-order valence-corrected chi connectivity index (χ4v) is 2.34. The second kappa shape index (κ2) is 15.8. The van der Waals surface area contributed by atoms with E-state index in [1.54, 1.807) is 0 Å². The van der Waals surface area contributed by atoms with Crippen molar-refractivity contribution in [3.05, 3.63) is 12.2 Å². The van der Waals surface area contributed by atoms with E-state index < -0.39 is 0 Å². The third kappa shape index (κ3) is 17.7. The molecule has 0 aromatic rings. The van der Waals surface area contributed by atoms with Crippen LogP contribution in [0.4, 0.5) is 0 Å². The molecule has 0 saturated heterocycles. The predicted octanol–water partition coefficient (Wildman–Crippen LogP) is 6.31. The van der Waals surface area contributed by atoms with Crippen molar-refractivity contribution < 1.29 is 0 Å². The molecule has 0 fully saturated rings. The van der Waals surface area contributed by atoms with E-state index in [0.717, 1.165) is 6.42 Å². The quantitative estimate of drug-likeness (QED) is 0.260. The van der Waals surface area contributed by atoms with Crippen LogP contribution >= 0.6 is 0 Å². The van der Waals surface area contributed by atoms with Crippen LogP contribution in [0.3, 0.4) is 0 Å². The van der Waals surface area contributed by atoms with Crippen LogP contribution in [0.15, 0.2) is 12.2 Å². The normalized spacial score (nSPS) is 13.2. The standard InChI is InChI=1S/C18H36N/c1-3-4-5-6-7-8-9-10-11-12-13-14-15-16-17-18(2)19/h10-11,18-19H,3-9,12-17H2,1-2H3. The lowest BCUT2D eigenvalue weighted by Gasteiger charge is -2.02. The van der Waals surface area contributed by atoms with Gasteiger partial charge in [0.15, 0.2) is 0 Å². The van der Waals surface area contributed by atoms with Gasteiger partial charge in [-0.25, -0.2) is 0 Å². The molecule has 0 aliphatic heterocycles. The summed E-state index contributed by atoms with van der Waals surface area (Å²) < 4.78 is 0. The third-order valence-electron chi connectivity index (χ3n) is 3.65. The molecule has 0 heterocycles. The lowest BCUT2D eigenvalue weighted by atomic mass is 10.1. The van der Waals surface area contributed by atoms with E-state index in [-0.39, 0.29) is 6.04 Å². The molecule has 1 N–H and O–H groups in total. The van der Waals surface area contributed by atoms with Crippen LogP contribution in [0.1, 0.15) is 97.3 Å². The molecule has 113 valence electrons. The smallest absolute Gasteiger partial charge is 0.0184 e. The molecule has 19 heavy (non-hydrogen) atoms. The van der Waals surface area contributed by atoms with Crippen molar-refractivity contribution in [2.24, 2.45) is 0 Å². The molecule has 1 atom stereocenters. The second-order valence-electron chi connectivity index (χ2n) is 5.92. The van der Waals surface area contributed by atoms with E-state index in [9.17, 15) is 0 Å². The minimum Gasteiger partial charge on any atom is -0.255 e. The summed E-state index contributed by atoms with van der Waals surface area (Å²) in [5, 5.41) is 0. The van der Waals surface area contributed by atoms with Crippen LogP contribution in [0.25, 0.3) is 0 Å². The fraction of sp³-hybridized carbons (Fsp3) is 0.889. The molecule has 0 aliphatic rings. The van der Waals surface area contributed by atoms with E-state index in [1.165, 1.54) is 77.0 Å². The first-order valence-corrected chi connectivity index (χ1v) is 8.63. The number of nitrogens with one attached hydrogen (secondary N) is 1. The van der Waals surface area contributed by atoms with Crippen molar-refractivity contribution in [2.45, 2.75) is 103 Å². The Balaban J connectivity index is 3.05. The summed E-state index contributed by atoms with van der Waals surface area (Å²) >= 11 is 0. The van der Waals surface area contributed by atoms with Crippen molar-refractivity contribution in [2.75, 3.05) is 0 Å². The van der Waals surface area contributed by atoms with Crippen LogP contribution in [0.2, 0.25) is 0 Å². The van der Waals surface area contributed by atoms with Gasteiger partial charge in [0.25, 0.3) is 0 Å². The average molecular weight is 266 g/mol. The minimum atomic E-state index is 0.136. The SMILES string of the molecule is CCCCCCCCC=CCCCCCCC(C)[NH]. The summed E-state index contributed by atoms with van der Waals surface area (Å²) in [6.07, 6.45) is 22.0. The summed E-state index contributed by atoms with van der Waals surface area (Å²) in [5.41, 5.74) is 7.43. The highest BCUT2D eigenvalue weighted by Crippen LogP contribution is 2.09. The first kappa shape index (κ1) is 18.7. The molecule has 0 amide bonds. The molecule has 0 aromatic heterocycles. The first-order chi connectivity index (χ1) is 9.27. The third-order valence-corrected chi connectivity index (χ3v) is 3.65. The Labute approximate surface area is 122 Å². The summed E-state index contributed by atoms with van der Waals surface area (Å²) in [6, 6.07) is 0.136. The Morgan fingerprint density at radius 3 is 1.74 bits per heavy atom. The van der Waals surface area contributed by atoms with E-state index >= 15 is 0 Å². The minimum absolute atomic E-state index is 0.136. The maximum atomic E-state index is 7.43. The summed E-state index contributed by atoms with van der Waals surface area (Å²) in [6.45, 7) is 4.27. The number of allylic oxidation sites excluding steroid dienone is 2. The predicted molar refractivity (Wildman–Crippen MR) is 87.4 cm³/mol. The van der Waals surface area contributed by atoms with Gasteiger partial charge < -0.3 is 0 Å². The van der Waals surface area contributed by atoms with Gasteiger partial charge in [-0.3, -0.25) is 5.73 Å². The van der Waals surface area contributed by atoms with Gasteiger partial charge in [-0.1, -0.05) is 70.4 Å². The van der Waals surface area contributed by atoms with Crippen molar-refractivity contribution >= 4 is 0 Å². The second-order valence-corrected chi connectivity index (χ2v) is 5.92. The molecule has 0 spiro atoms. The van der Waals surface area contributed by atoms with E-state index in [2.05, 4.69) is 19.1 Å². The van der Waals surface area contributed by atoms with Gasteiger partial charge in [0.05, 0.1) is 0 Å². The summed E-state index contributed by atoms with van der Waals surface area (Å²) in [4.78, 5) is 0. The lowest BCUT2D eigenvalue weighted by molar-refractivity contribution is 0.559. The zero-order valence-electron chi connectivity index (χ0n) is 13.4. The Morgan fingerprint density at radius 1 is 0.737 bits per heavy atom. The molecule has 1 radical (unpaired) electrons. The topological polar surface area (TPSA) is 23.8 Å². The molecule has 0 aromatic carbocycles. The van der Waals surface area contributed by atoms with Crippen molar-refractivity contribution in [3.63, 3.8) is 0 Å². The first-order valence-electron chi connectivity index (χ1n) is 8.63. The van der Waals surface area contributed by atoms with Gasteiger partial charge in [0, 0.05) is 6.04 Å². The Kier molecular flexibility index (Phi) is 15.5. The Bertz CT molecular complexity index is 184. The summed E-state index contributed by atoms with van der Waals surface area (Å²) in [7, 11) is 0. The van der Waals surface area contributed by atoms with Crippen molar-refractivity contribution in [3.8, 4) is 0 Å². The van der Waals surface area contributed by atoms with Gasteiger partial charge >= 0.3 is 0 Å². The zero-order chi connectivity index (χ0) is 14.2. The highest BCUT2D eigenvalue weighted by atomic mass is 14.6. The van der Waals surface area contributed by atoms with Gasteiger partial charge in [-0.15, -0.1) is 0 Å². The number of unbranched alkanes of at least 4 members (excludes halogenated alkanes) is 10. The maximum absolute atomic E-state index is 7.43. The largest absolute Gasteiger partial charge is 0.255 e. The highest BCUT2D eigenvalue weighted by Gasteiger charge is 1.94. The molecule has 0 saturated carbocycles. The molecule has 0 bridgehead atoms. The number of hydrogen-bond donors (Lipinski definition) is 0. The Morgan fingerprint density at radius 2 is 1.21 bits per heavy atom. The van der Waals surface area contributed by atoms with Crippen molar-refractivity contribution in [1.29, 1.82) is 0 Å². The van der Waals surface area contributed by atoms with Crippen LogP contribution < -0.4 is 5.73 Å². The number of rotatable bonds is 14. The maximum Gasteiger partial charge on any atom is 0.0184 e. The van der Waals surface area contributed by atoms with E-state index in [1.807, 2.05) is 6.92 Å². The monoisotopic (exact) mass is 266 g/mol. The summed E-state index contributed by atoms with van der Waals surface area (Å²) in [5.74, 6) is 0. The van der Waals surface area contributed by atoms with Gasteiger partial charge in [-0.05, 0) is 39.0 Å². The van der Waals surface area contributed by atoms with Gasteiger partial charge in [0.2, 0.25) is 0 Å². The fourth-order valence-electron chi connectivity index (χ4n) is 2.34. The molecule has 0 aliphatic carbocycles. The number of hydrogen-bond acceptors (Lipinski definition) is 0. The van der Waals surface area contributed by atoms with Gasteiger partial charge in [0.1, 0.15) is 0 Å². The average Bonchev–Trinajstić information content (AvgIpc) is 2.39. The van der Waals surface area contributed by atoms with Crippen LogP contribution in [0.5, 0.6) is 0 Å². The molecule has 1 unspecified atom stereocenters. The zero-order valence-corrected chi connectivity index (χ0v) is 13.4.